The van der Waals surface area contributed by atoms with Crippen molar-refractivity contribution < 1.29 is 9.21 Å². The first-order valence-corrected chi connectivity index (χ1v) is 6.60. The minimum atomic E-state index is -0.532. The van der Waals surface area contributed by atoms with Gasteiger partial charge in [-0.2, -0.15) is 0 Å². The molecule has 0 radical (unpaired) electrons. The second kappa shape index (κ2) is 5.88. The number of hydrogen-bond donors (Lipinski definition) is 2. The monoisotopic (exact) mass is 273 g/mol. The standard InChI is InChI=1S/C15H19N3O2/c1-9(2)13-8-17-15(20-13)11-4-6-12(7-5-11)18-14(19)10(3)16/h4-10H,16H2,1-3H3,(H,18,19)/t10-/m1/s1. The molecule has 1 heterocycles. The highest BCUT2D eigenvalue weighted by molar-refractivity contribution is 5.94. The zero-order valence-corrected chi connectivity index (χ0v) is 11.9. The fourth-order valence-corrected chi connectivity index (χ4v) is 1.64. The number of anilines is 1. The summed E-state index contributed by atoms with van der Waals surface area (Å²) in [4.78, 5) is 15.7. The van der Waals surface area contributed by atoms with Crippen LogP contribution in [0.1, 0.15) is 32.4 Å². The minimum Gasteiger partial charge on any atom is -0.441 e. The maximum Gasteiger partial charge on any atom is 0.240 e. The quantitative estimate of drug-likeness (QED) is 0.897. The van der Waals surface area contributed by atoms with E-state index in [-0.39, 0.29) is 5.91 Å². The van der Waals surface area contributed by atoms with Gasteiger partial charge in [0.1, 0.15) is 5.76 Å². The Morgan fingerprint density at radius 1 is 1.25 bits per heavy atom. The summed E-state index contributed by atoms with van der Waals surface area (Å²) in [6, 6.07) is 6.78. The van der Waals surface area contributed by atoms with Gasteiger partial charge >= 0.3 is 0 Å². The maximum atomic E-state index is 11.5. The Kier molecular flexibility index (Phi) is 4.20. The molecule has 0 aliphatic heterocycles. The highest BCUT2D eigenvalue weighted by atomic mass is 16.4. The predicted molar refractivity (Wildman–Crippen MR) is 78.3 cm³/mol. The Bertz CT molecular complexity index is 585. The van der Waals surface area contributed by atoms with Crippen LogP contribution < -0.4 is 11.1 Å². The van der Waals surface area contributed by atoms with E-state index in [2.05, 4.69) is 24.1 Å². The topological polar surface area (TPSA) is 81.2 Å². The Balaban J connectivity index is 2.13. The van der Waals surface area contributed by atoms with Crippen LogP contribution in [-0.2, 0) is 4.79 Å². The van der Waals surface area contributed by atoms with Crippen LogP contribution >= 0.6 is 0 Å². The van der Waals surface area contributed by atoms with Crippen LogP contribution in [0, 0.1) is 0 Å². The van der Waals surface area contributed by atoms with Gasteiger partial charge in [0.25, 0.3) is 0 Å². The summed E-state index contributed by atoms with van der Waals surface area (Å²) in [5, 5.41) is 2.73. The molecule has 0 aliphatic rings. The molecule has 0 saturated carbocycles. The van der Waals surface area contributed by atoms with Gasteiger partial charge in [-0.15, -0.1) is 0 Å². The lowest BCUT2D eigenvalue weighted by Gasteiger charge is -2.07. The summed E-state index contributed by atoms with van der Waals surface area (Å²) in [6.07, 6.45) is 1.74. The molecule has 0 aliphatic carbocycles. The van der Waals surface area contributed by atoms with Gasteiger partial charge < -0.3 is 15.5 Å². The van der Waals surface area contributed by atoms with Gasteiger partial charge in [-0.1, -0.05) is 13.8 Å². The normalized spacial score (nSPS) is 12.4. The van der Waals surface area contributed by atoms with E-state index in [9.17, 15) is 4.79 Å². The number of benzene rings is 1. The van der Waals surface area contributed by atoms with E-state index in [4.69, 9.17) is 10.2 Å². The van der Waals surface area contributed by atoms with Crippen molar-refractivity contribution in [3.05, 3.63) is 36.2 Å². The predicted octanol–water partition coefficient (Wildman–Crippen LogP) is 2.75. The molecule has 1 atom stereocenters. The summed E-state index contributed by atoms with van der Waals surface area (Å²) in [5.41, 5.74) is 7.07. The zero-order chi connectivity index (χ0) is 14.7. The summed E-state index contributed by atoms with van der Waals surface area (Å²) in [5.74, 6) is 1.53. The molecule has 1 aromatic heterocycles. The molecule has 0 bridgehead atoms. The molecule has 1 amide bonds. The van der Waals surface area contributed by atoms with Crippen molar-refractivity contribution in [2.24, 2.45) is 5.73 Å². The number of nitrogens with one attached hydrogen (secondary N) is 1. The van der Waals surface area contributed by atoms with Crippen molar-refractivity contribution in [3.63, 3.8) is 0 Å². The molecule has 0 saturated heterocycles. The molecule has 0 unspecified atom stereocenters. The number of nitrogens with two attached hydrogens (primary N) is 1. The first-order valence-electron chi connectivity index (χ1n) is 6.60. The molecule has 0 spiro atoms. The third-order valence-electron chi connectivity index (χ3n) is 2.91. The van der Waals surface area contributed by atoms with E-state index in [1.165, 1.54) is 0 Å². The third kappa shape index (κ3) is 3.24. The van der Waals surface area contributed by atoms with Crippen LogP contribution in [0.5, 0.6) is 0 Å². The van der Waals surface area contributed by atoms with E-state index >= 15 is 0 Å². The zero-order valence-electron chi connectivity index (χ0n) is 11.9. The molecule has 5 nitrogen and oxygen atoms in total. The van der Waals surface area contributed by atoms with E-state index in [0.717, 1.165) is 11.3 Å². The van der Waals surface area contributed by atoms with Crippen molar-refractivity contribution in [2.75, 3.05) is 5.32 Å². The van der Waals surface area contributed by atoms with Crippen molar-refractivity contribution in [2.45, 2.75) is 32.7 Å². The van der Waals surface area contributed by atoms with E-state index in [1.54, 1.807) is 25.3 Å². The minimum absolute atomic E-state index is 0.212. The number of carbonyl (C=O) groups is 1. The van der Waals surface area contributed by atoms with E-state index < -0.39 is 6.04 Å². The lowest BCUT2D eigenvalue weighted by Crippen LogP contribution is -2.32. The average molecular weight is 273 g/mol. The number of aromatic nitrogens is 1. The molecule has 1 aromatic carbocycles. The first kappa shape index (κ1) is 14.3. The highest BCUT2D eigenvalue weighted by Crippen LogP contribution is 2.24. The number of amides is 1. The van der Waals surface area contributed by atoms with Gasteiger partial charge in [-0.3, -0.25) is 4.79 Å². The number of carbonyl (C=O) groups excluding carboxylic acids is 1. The Labute approximate surface area is 118 Å². The van der Waals surface area contributed by atoms with Gasteiger partial charge in [0.2, 0.25) is 11.8 Å². The summed E-state index contributed by atoms with van der Waals surface area (Å²) in [6.45, 7) is 5.75. The second-order valence-corrected chi connectivity index (χ2v) is 5.08. The molecular weight excluding hydrogens is 254 g/mol. The van der Waals surface area contributed by atoms with Gasteiger partial charge in [-0.05, 0) is 31.2 Å². The maximum absolute atomic E-state index is 11.5. The number of nitrogens with zero attached hydrogens (tertiary/aromatic N) is 1. The van der Waals surface area contributed by atoms with Crippen molar-refractivity contribution in [3.8, 4) is 11.5 Å². The van der Waals surface area contributed by atoms with Gasteiger partial charge in [-0.25, -0.2) is 4.98 Å². The number of rotatable bonds is 4. The van der Waals surface area contributed by atoms with Crippen LogP contribution in [0.2, 0.25) is 0 Å². The van der Waals surface area contributed by atoms with Crippen LogP contribution in [-0.4, -0.2) is 16.9 Å². The average Bonchev–Trinajstić information content (AvgIpc) is 2.89. The molecular formula is C15H19N3O2. The molecule has 0 fully saturated rings. The third-order valence-corrected chi connectivity index (χ3v) is 2.91. The van der Waals surface area contributed by atoms with Crippen molar-refractivity contribution in [1.29, 1.82) is 0 Å². The molecule has 3 N–H and O–H groups in total. The van der Waals surface area contributed by atoms with Crippen LogP contribution in [0.4, 0.5) is 5.69 Å². The summed E-state index contributed by atoms with van der Waals surface area (Å²) >= 11 is 0. The van der Waals surface area contributed by atoms with Gasteiger partial charge in [0.15, 0.2) is 0 Å². The lowest BCUT2D eigenvalue weighted by atomic mass is 10.2. The SMILES string of the molecule is CC(C)c1cnc(-c2ccc(NC(=O)[C@@H](C)N)cc2)o1. The van der Waals surface area contributed by atoms with E-state index in [0.29, 0.717) is 17.5 Å². The number of oxazole rings is 1. The van der Waals surface area contributed by atoms with Crippen LogP contribution in [0.15, 0.2) is 34.9 Å². The van der Waals surface area contributed by atoms with Crippen molar-refractivity contribution >= 4 is 11.6 Å². The van der Waals surface area contributed by atoms with Crippen LogP contribution in [0.3, 0.4) is 0 Å². The smallest absolute Gasteiger partial charge is 0.240 e. The fraction of sp³-hybridized carbons (Fsp3) is 0.333. The lowest BCUT2D eigenvalue weighted by molar-refractivity contribution is -0.117. The van der Waals surface area contributed by atoms with Gasteiger partial charge in [0.05, 0.1) is 12.2 Å². The highest BCUT2D eigenvalue weighted by Gasteiger charge is 2.10. The summed E-state index contributed by atoms with van der Waals surface area (Å²) < 4.78 is 5.67. The number of hydrogen-bond acceptors (Lipinski definition) is 4. The van der Waals surface area contributed by atoms with E-state index in [1.807, 2.05) is 12.1 Å². The fourth-order valence-electron chi connectivity index (χ4n) is 1.64. The Morgan fingerprint density at radius 2 is 1.90 bits per heavy atom. The first-order chi connectivity index (χ1) is 9.47. The van der Waals surface area contributed by atoms with Crippen molar-refractivity contribution in [1.82, 2.24) is 4.98 Å². The Morgan fingerprint density at radius 3 is 2.40 bits per heavy atom. The molecule has 2 aromatic rings. The molecule has 106 valence electrons. The van der Waals surface area contributed by atoms with Gasteiger partial charge in [0, 0.05) is 17.2 Å². The molecule has 2 rings (SSSR count). The second-order valence-electron chi connectivity index (χ2n) is 5.08. The Hall–Kier alpha value is -2.14. The largest absolute Gasteiger partial charge is 0.441 e. The van der Waals surface area contributed by atoms with Crippen LogP contribution in [0.25, 0.3) is 11.5 Å². The summed E-state index contributed by atoms with van der Waals surface area (Å²) in [7, 11) is 0. The molecule has 5 heteroatoms. The molecule has 20 heavy (non-hydrogen) atoms.